The summed E-state index contributed by atoms with van der Waals surface area (Å²) >= 11 is 0. The van der Waals surface area contributed by atoms with Crippen molar-refractivity contribution in [3.8, 4) is 57.3 Å². The van der Waals surface area contributed by atoms with Gasteiger partial charge in [-0.25, -0.2) is 15.0 Å². The molecule has 0 N–H and O–H groups in total. The fourth-order valence-electron chi connectivity index (χ4n) is 11.5. The first-order chi connectivity index (χ1) is 37.1. The quantitative estimate of drug-likeness (QED) is 0.166. The minimum atomic E-state index is -0.114. The lowest BCUT2D eigenvalue weighted by atomic mass is 9.86. The fourth-order valence-corrected chi connectivity index (χ4v) is 11.5. The number of aromatic nitrogens is 6. The van der Waals surface area contributed by atoms with Gasteiger partial charge in [0.1, 0.15) is 6.07 Å². The molecule has 9 aromatic carbocycles. The SMILES string of the molecule is CC(C)(C)c1ccc2c(c1)c1ccccc1n2-c1c(C#N)cc(-c2nc(-c3ccccc3)nc(-c3ccccc3)n2)c(-n2c3ccccc3c3cc(C(C)(C)C)ccc32)c1-n1c2ccccc2c2cc(C(C)(C)C)ccc21. The number of benzene rings is 9. The Morgan fingerprint density at radius 2 is 0.649 bits per heavy atom. The summed E-state index contributed by atoms with van der Waals surface area (Å²) < 4.78 is 7.21. The van der Waals surface area contributed by atoms with E-state index in [2.05, 4.69) is 209 Å². The number of hydrogen-bond donors (Lipinski definition) is 0. The molecule has 0 saturated carbocycles. The zero-order valence-electron chi connectivity index (χ0n) is 45.1. The number of rotatable bonds is 6. The molecule has 0 unspecified atom stereocenters. The summed E-state index contributed by atoms with van der Waals surface area (Å²) in [5, 5.41) is 18.9. The third kappa shape index (κ3) is 7.73. The van der Waals surface area contributed by atoms with Crippen molar-refractivity contribution in [3.05, 3.63) is 216 Å². The lowest BCUT2D eigenvalue weighted by molar-refractivity contribution is 0.591. The monoisotopic (exact) mass is 997 g/mol. The van der Waals surface area contributed by atoms with E-state index in [4.69, 9.17) is 15.0 Å². The van der Waals surface area contributed by atoms with Gasteiger partial charge >= 0.3 is 0 Å². The van der Waals surface area contributed by atoms with Gasteiger partial charge in [-0.05, 0) is 93.6 Å². The summed E-state index contributed by atoms with van der Waals surface area (Å²) in [4.78, 5) is 16.2. The first-order valence-electron chi connectivity index (χ1n) is 26.7. The molecule has 0 fully saturated rings. The summed E-state index contributed by atoms with van der Waals surface area (Å²) in [6, 6.07) is 72.0. The molecule has 13 rings (SSSR count). The van der Waals surface area contributed by atoms with Crippen LogP contribution in [0.25, 0.3) is 117 Å². The maximum absolute atomic E-state index is 12.2. The molecular formula is C70H59N7. The van der Waals surface area contributed by atoms with E-state index in [1.165, 1.54) is 16.7 Å². The summed E-state index contributed by atoms with van der Waals surface area (Å²) in [7, 11) is 0. The number of hydrogen-bond acceptors (Lipinski definition) is 4. The van der Waals surface area contributed by atoms with Crippen LogP contribution in [0.3, 0.4) is 0 Å². The van der Waals surface area contributed by atoms with Crippen molar-refractivity contribution in [2.45, 2.75) is 78.6 Å². The first-order valence-corrected chi connectivity index (χ1v) is 26.7. The van der Waals surface area contributed by atoms with Gasteiger partial charge in [0, 0.05) is 49.0 Å². The third-order valence-electron chi connectivity index (χ3n) is 15.6. The molecule has 7 heteroatoms. The van der Waals surface area contributed by atoms with Crippen LogP contribution in [-0.2, 0) is 16.2 Å². The van der Waals surface area contributed by atoms with Gasteiger partial charge in [0.25, 0.3) is 0 Å². The molecule has 0 bridgehead atoms. The van der Waals surface area contributed by atoms with E-state index in [0.717, 1.165) is 93.6 Å². The van der Waals surface area contributed by atoms with Crippen molar-refractivity contribution in [1.82, 2.24) is 28.7 Å². The number of para-hydroxylation sites is 3. The maximum atomic E-state index is 12.2. The van der Waals surface area contributed by atoms with Crippen LogP contribution in [0.5, 0.6) is 0 Å². The Morgan fingerprint density at radius 3 is 1.03 bits per heavy atom. The number of fused-ring (bicyclic) bond motifs is 9. The fraction of sp³-hybridized carbons (Fsp3) is 0.171. The number of nitrogens with zero attached hydrogens (tertiary/aromatic N) is 7. The average molecular weight is 998 g/mol. The molecule has 374 valence electrons. The molecule has 0 radical (unpaired) electrons. The van der Waals surface area contributed by atoms with Gasteiger partial charge < -0.3 is 13.7 Å². The second kappa shape index (κ2) is 17.5. The summed E-state index contributed by atoms with van der Waals surface area (Å²) in [6.07, 6.45) is 0. The van der Waals surface area contributed by atoms with Crippen molar-refractivity contribution in [3.63, 3.8) is 0 Å². The van der Waals surface area contributed by atoms with Crippen LogP contribution in [0.4, 0.5) is 0 Å². The minimum Gasteiger partial charge on any atom is -0.306 e. The van der Waals surface area contributed by atoms with E-state index in [0.29, 0.717) is 28.6 Å². The van der Waals surface area contributed by atoms with Gasteiger partial charge in [-0.2, -0.15) is 5.26 Å². The molecule has 0 saturated heterocycles. The highest BCUT2D eigenvalue weighted by Crippen LogP contribution is 2.48. The Kier molecular flexibility index (Phi) is 10.8. The second-order valence-electron chi connectivity index (χ2n) is 23.7. The molecule has 13 aromatic rings. The highest BCUT2D eigenvalue weighted by molar-refractivity contribution is 6.15. The van der Waals surface area contributed by atoms with Crippen LogP contribution < -0.4 is 0 Å². The molecule has 0 aliphatic rings. The van der Waals surface area contributed by atoms with Crippen LogP contribution in [0.2, 0.25) is 0 Å². The summed E-state index contributed by atoms with van der Waals surface area (Å²) in [5.41, 5.74) is 14.7. The molecule has 0 aliphatic carbocycles. The van der Waals surface area contributed by atoms with E-state index < -0.39 is 0 Å². The summed E-state index contributed by atoms with van der Waals surface area (Å²) in [6.45, 7) is 20.4. The predicted molar refractivity (Wildman–Crippen MR) is 320 cm³/mol. The lowest BCUT2D eigenvalue weighted by Gasteiger charge is -2.26. The summed E-state index contributed by atoms with van der Waals surface area (Å²) in [5.74, 6) is 1.51. The van der Waals surface area contributed by atoms with E-state index in [1.807, 2.05) is 66.7 Å². The molecule has 0 spiro atoms. The van der Waals surface area contributed by atoms with E-state index in [-0.39, 0.29) is 16.2 Å². The van der Waals surface area contributed by atoms with Crippen LogP contribution in [0.15, 0.2) is 194 Å². The molecule has 4 heterocycles. The Morgan fingerprint density at radius 1 is 0.325 bits per heavy atom. The van der Waals surface area contributed by atoms with Gasteiger partial charge in [0.05, 0.1) is 55.7 Å². The van der Waals surface area contributed by atoms with Crippen LogP contribution >= 0.6 is 0 Å². The molecule has 0 aliphatic heterocycles. The molecule has 4 aromatic heterocycles. The van der Waals surface area contributed by atoms with Gasteiger partial charge in [-0.1, -0.05) is 196 Å². The van der Waals surface area contributed by atoms with Gasteiger partial charge in [-0.3, -0.25) is 0 Å². The molecule has 0 atom stereocenters. The smallest absolute Gasteiger partial charge is 0.166 e. The van der Waals surface area contributed by atoms with E-state index >= 15 is 0 Å². The van der Waals surface area contributed by atoms with Crippen molar-refractivity contribution >= 4 is 65.4 Å². The Balaban J connectivity index is 1.31. The third-order valence-corrected chi connectivity index (χ3v) is 15.6. The normalized spacial score (nSPS) is 12.5. The molecule has 0 amide bonds. The standard InChI is InChI=1S/C70H59N7/c1-68(2,3)46-32-35-59-52(39-46)49-26-16-19-29-56(49)75(59)62-45(42-71)38-55(67-73-65(43-22-12-10-13-23-43)72-66(74-67)44-24-14-11-15-25-44)63(76-57-30-20-17-27-50(57)53-40-47(69(4,5)6)33-36-60(53)76)64(62)77-58-31-21-18-28-51(58)54-41-48(70(7,8)9)34-37-61(54)77/h10-41H,1-9H3. The average Bonchev–Trinajstić information content (AvgIpc) is 4.16. The highest BCUT2D eigenvalue weighted by atomic mass is 15.1. The molecule has 7 nitrogen and oxygen atoms in total. The number of nitriles is 1. The van der Waals surface area contributed by atoms with E-state index in [1.54, 1.807) is 0 Å². The zero-order valence-corrected chi connectivity index (χ0v) is 45.1. The lowest BCUT2D eigenvalue weighted by Crippen LogP contribution is -2.14. The maximum Gasteiger partial charge on any atom is 0.166 e. The second-order valence-corrected chi connectivity index (χ2v) is 23.7. The van der Waals surface area contributed by atoms with Crippen LogP contribution in [0.1, 0.15) is 84.6 Å². The van der Waals surface area contributed by atoms with Gasteiger partial charge in [0.15, 0.2) is 17.5 Å². The van der Waals surface area contributed by atoms with E-state index in [9.17, 15) is 5.26 Å². The van der Waals surface area contributed by atoms with Crippen LogP contribution in [0, 0.1) is 11.3 Å². The van der Waals surface area contributed by atoms with Crippen LogP contribution in [-0.4, -0.2) is 28.7 Å². The first kappa shape index (κ1) is 47.6. The predicted octanol–water partition coefficient (Wildman–Crippen LogP) is 17.9. The van der Waals surface area contributed by atoms with Gasteiger partial charge in [-0.15, -0.1) is 0 Å². The van der Waals surface area contributed by atoms with Crippen molar-refractivity contribution < 1.29 is 0 Å². The molecular weight excluding hydrogens is 939 g/mol. The Bertz CT molecular complexity index is 4500. The Labute approximate surface area is 449 Å². The Hall–Kier alpha value is -9.12. The van der Waals surface area contributed by atoms with Crippen molar-refractivity contribution in [2.24, 2.45) is 0 Å². The van der Waals surface area contributed by atoms with Crippen molar-refractivity contribution in [1.29, 1.82) is 5.26 Å². The molecule has 77 heavy (non-hydrogen) atoms. The largest absolute Gasteiger partial charge is 0.306 e. The van der Waals surface area contributed by atoms with Gasteiger partial charge in [0.2, 0.25) is 0 Å². The minimum absolute atomic E-state index is 0.102. The zero-order chi connectivity index (χ0) is 53.1. The van der Waals surface area contributed by atoms with Crippen molar-refractivity contribution in [2.75, 3.05) is 0 Å². The topological polar surface area (TPSA) is 77.2 Å². The highest BCUT2D eigenvalue weighted by Gasteiger charge is 2.32.